The fourth-order valence-corrected chi connectivity index (χ4v) is 6.89. The fourth-order valence-electron chi connectivity index (χ4n) is 3.71. The van der Waals surface area contributed by atoms with Gasteiger partial charge in [0.1, 0.15) is 0 Å². The van der Waals surface area contributed by atoms with Crippen LogP contribution >= 0.6 is 34.0 Å². The van der Waals surface area contributed by atoms with E-state index in [1.54, 1.807) is 16.8 Å². The molecule has 1 aliphatic heterocycles. The molecule has 1 atom stereocenters. The molecule has 1 aliphatic rings. The molecular formula is C26H21F5N4O3S3. The Bertz CT molecular complexity index is 1530. The number of rotatable bonds is 8. The number of nitrogens with one attached hydrogen (secondary N) is 2. The molecule has 1 aromatic heterocycles. The van der Waals surface area contributed by atoms with Gasteiger partial charge in [-0.15, -0.1) is 21.8 Å². The number of primary amides is 1. The lowest BCUT2D eigenvalue weighted by molar-refractivity contribution is -0.137. The zero-order chi connectivity index (χ0) is 30.1. The zero-order valence-electron chi connectivity index (χ0n) is 21.1. The summed E-state index contributed by atoms with van der Waals surface area (Å²) in [5.41, 5.74) is 6.93. The maximum atomic E-state index is 13.9. The highest BCUT2D eigenvalue weighted by Crippen LogP contribution is 2.39. The molecule has 3 aromatic rings. The van der Waals surface area contributed by atoms with Gasteiger partial charge in [-0.3, -0.25) is 14.4 Å². The van der Waals surface area contributed by atoms with Crippen LogP contribution in [-0.2, 0) is 21.7 Å². The second-order valence-electron chi connectivity index (χ2n) is 8.93. The molecule has 15 heteroatoms. The van der Waals surface area contributed by atoms with Crippen molar-refractivity contribution in [2.45, 2.75) is 19.0 Å². The molecule has 3 amide bonds. The van der Waals surface area contributed by atoms with Crippen molar-refractivity contribution in [3.63, 3.8) is 0 Å². The molecule has 1 saturated heterocycles. The summed E-state index contributed by atoms with van der Waals surface area (Å²) in [4.78, 5) is 36.6. The van der Waals surface area contributed by atoms with Gasteiger partial charge in [-0.2, -0.15) is 13.2 Å². The highest BCUT2D eigenvalue weighted by Gasteiger charge is 2.35. The van der Waals surface area contributed by atoms with Crippen LogP contribution < -0.4 is 16.5 Å². The van der Waals surface area contributed by atoms with E-state index < -0.39 is 45.5 Å². The molecule has 4 rings (SSSR count). The molecule has 0 saturated carbocycles. The zero-order valence-corrected chi connectivity index (χ0v) is 23.5. The SMILES string of the molecule is CC(F)(F)c1cc(-c2csc(/C=S3/CC(=O)N(NCC(=O)Nc4ccc(C(N)=O)cc4)C3=S)c2)cc(C(F)(F)F)c1. The van der Waals surface area contributed by atoms with Crippen molar-refractivity contribution in [3.8, 4) is 11.1 Å². The van der Waals surface area contributed by atoms with E-state index in [0.717, 1.165) is 28.5 Å². The molecule has 2 aromatic carbocycles. The lowest BCUT2D eigenvalue weighted by Crippen LogP contribution is -2.45. The number of halogens is 5. The van der Waals surface area contributed by atoms with Crippen LogP contribution in [0.2, 0.25) is 0 Å². The third-order valence-corrected chi connectivity index (χ3v) is 9.35. The first-order chi connectivity index (χ1) is 19.1. The van der Waals surface area contributed by atoms with Crippen LogP contribution in [0.25, 0.3) is 11.1 Å². The monoisotopic (exact) mass is 628 g/mol. The number of thiophene rings is 1. The Balaban J connectivity index is 1.45. The number of amides is 3. The van der Waals surface area contributed by atoms with Crippen molar-refractivity contribution in [2.24, 2.45) is 5.73 Å². The predicted octanol–water partition coefficient (Wildman–Crippen LogP) is 5.33. The minimum Gasteiger partial charge on any atom is -0.366 e. The molecule has 0 spiro atoms. The maximum absolute atomic E-state index is 13.9. The van der Waals surface area contributed by atoms with E-state index >= 15 is 0 Å². The maximum Gasteiger partial charge on any atom is 0.416 e. The Hall–Kier alpha value is -3.53. The summed E-state index contributed by atoms with van der Waals surface area (Å²) < 4.78 is 68.1. The number of anilines is 1. The molecule has 0 bridgehead atoms. The van der Waals surface area contributed by atoms with Gasteiger partial charge in [0.25, 0.3) is 11.8 Å². The molecule has 0 aliphatic carbocycles. The van der Waals surface area contributed by atoms with Crippen LogP contribution in [-0.4, -0.2) is 44.7 Å². The number of thiocarbonyl (C=S) groups is 1. The summed E-state index contributed by atoms with van der Waals surface area (Å²) >= 11 is 6.58. The molecule has 7 nitrogen and oxygen atoms in total. The van der Waals surface area contributed by atoms with Gasteiger partial charge in [0.15, 0.2) is 4.32 Å². The summed E-state index contributed by atoms with van der Waals surface area (Å²) in [5, 5.41) is 6.94. The number of hydrogen-bond donors (Lipinski definition) is 3. The van der Waals surface area contributed by atoms with Gasteiger partial charge in [-0.25, -0.2) is 19.2 Å². The number of carbonyl (C=O) groups excluding carboxylic acids is 3. The number of alkyl halides is 5. The highest BCUT2D eigenvalue weighted by molar-refractivity contribution is 8.35. The summed E-state index contributed by atoms with van der Waals surface area (Å²) in [6.07, 6.45) is -4.80. The van der Waals surface area contributed by atoms with E-state index in [0.29, 0.717) is 29.1 Å². The second-order valence-corrected chi connectivity index (χ2v) is 12.3. The third kappa shape index (κ3) is 7.41. The third-order valence-electron chi connectivity index (χ3n) is 5.76. The van der Waals surface area contributed by atoms with Gasteiger partial charge >= 0.3 is 6.18 Å². The Morgan fingerprint density at radius 2 is 1.73 bits per heavy atom. The van der Waals surface area contributed by atoms with E-state index in [1.807, 2.05) is 0 Å². The fraction of sp³-hybridized carbons (Fsp3) is 0.192. The van der Waals surface area contributed by atoms with Crippen LogP contribution in [0, 0.1) is 0 Å². The Morgan fingerprint density at radius 1 is 1.07 bits per heavy atom. The lowest BCUT2D eigenvalue weighted by atomic mass is 9.98. The van der Waals surface area contributed by atoms with Crippen LogP contribution in [0.5, 0.6) is 0 Å². The van der Waals surface area contributed by atoms with E-state index in [-0.39, 0.29) is 33.7 Å². The molecule has 216 valence electrons. The number of nitrogens with two attached hydrogens (primary N) is 1. The molecule has 1 fully saturated rings. The van der Waals surface area contributed by atoms with E-state index in [1.165, 1.54) is 24.3 Å². The largest absolute Gasteiger partial charge is 0.416 e. The standard InChI is InChI=1S/C26H21F5N4O3S3/c1-25(27,28)17-6-15(7-18(9-17)26(29,30)31)16-8-20(40-11-16)12-41-13-22(37)35(24(41)39)33-10-21(36)34-19-4-2-14(3-5-19)23(32)38/h2-9,11-12,33H,10,13H2,1H3,(H2,32,38)(H,34,36). The quantitative estimate of drug-likeness (QED) is 0.231. The summed E-state index contributed by atoms with van der Waals surface area (Å²) in [7, 11) is -0.868. The van der Waals surface area contributed by atoms with Crippen molar-refractivity contribution in [1.29, 1.82) is 0 Å². The van der Waals surface area contributed by atoms with Gasteiger partial charge in [-0.1, -0.05) is 12.2 Å². The summed E-state index contributed by atoms with van der Waals surface area (Å²) in [6, 6.07) is 9.73. The minimum atomic E-state index is -4.80. The normalized spacial score (nSPS) is 16.0. The average molecular weight is 629 g/mol. The van der Waals surface area contributed by atoms with Crippen LogP contribution in [0.3, 0.4) is 0 Å². The van der Waals surface area contributed by atoms with Crippen molar-refractivity contribution in [2.75, 3.05) is 17.6 Å². The topological polar surface area (TPSA) is 105 Å². The molecular weight excluding hydrogens is 608 g/mol. The number of hydrazine groups is 1. The van der Waals surface area contributed by atoms with Crippen LogP contribution in [0.15, 0.2) is 53.9 Å². The Morgan fingerprint density at radius 3 is 2.34 bits per heavy atom. The first-order valence-corrected chi connectivity index (χ1v) is 14.4. The van der Waals surface area contributed by atoms with Gasteiger partial charge in [0, 0.05) is 28.6 Å². The molecule has 4 N–H and O–H groups in total. The molecule has 41 heavy (non-hydrogen) atoms. The summed E-state index contributed by atoms with van der Waals surface area (Å²) in [5.74, 6) is -4.92. The van der Waals surface area contributed by atoms with Crippen LogP contribution in [0.4, 0.5) is 27.6 Å². The molecule has 0 radical (unpaired) electrons. The molecule has 1 unspecified atom stereocenters. The van der Waals surface area contributed by atoms with Gasteiger partial charge in [-0.05, 0) is 70.4 Å². The Kier molecular flexibility index (Phi) is 8.73. The number of benzene rings is 2. The van der Waals surface area contributed by atoms with Crippen LogP contribution in [0.1, 0.15) is 33.3 Å². The van der Waals surface area contributed by atoms with Crippen molar-refractivity contribution >= 4 is 67.1 Å². The van der Waals surface area contributed by atoms with E-state index in [9.17, 15) is 36.3 Å². The number of hydrogen-bond acceptors (Lipinski definition) is 6. The highest BCUT2D eigenvalue weighted by atomic mass is 32.2. The predicted molar refractivity (Wildman–Crippen MR) is 153 cm³/mol. The minimum absolute atomic E-state index is 0.0146. The van der Waals surface area contributed by atoms with Crippen molar-refractivity contribution in [1.82, 2.24) is 10.4 Å². The van der Waals surface area contributed by atoms with Crippen molar-refractivity contribution in [3.05, 3.63) is 75.5 Å². The Labute approximate surface area is 242 Å². The number of carbonyl (C=O) groups is 3. The van der Waals surface area contributed by atoms with Gasteiger partial charge < -0.3 is 11.1 Å². The van der Waals surface area contributed by atoms with Gasteiger partial charge in [0.2, 0.25) is 11.8 Å². The van der Waals surface area contributed by atoms with Crippen molar-refractivity contribution < 1.29 is 36.3 Å². The average Bonchev–Trinajstić information content (AvgIpc) is 3.46. The number of nitrogens with zero attached hydrogens (tertiary/aromatic N) is 1. The molecule has 2 heterocycles. The lowest BCUT2D eigenvalue weighted by Gasteiger charge is -2.16. The smallest absolute Gasteiger partial charge is 0.366 e. The van der Waals surface area contributed by atoms with E-state index in [4.69, 9.17) is 18.0 Å². The first kappa shape index (κ1) is 30.4. The first-order valence-electron chi connectivity index (χ1n) is 11.7. The van der Waals surface area contributed by atoms with E-state index in [2.05, 4.69) is 10.7 Å². The summed E-state index contributed by atoms with van der Waals surface area (Å²) in [6.45, 7) is 0.244. The second kappa shape index (κ2) is 11.8. The van der Waals surface area contributed by atoms with Gasteiger partial charge in [0.05, 0.1) is 17.9 Å².